The second-order valence-corrected chi connectivity index (χ2v) is 3.98. The van der Waals surface area contributed by atoms with Gasteiger partial charge < -0.3 is 41.5 Å². The van der Waals surface area contributed by atoms with E-state index in [4.69, 9.17) is 0 Å². The van der Waals surface area contributed by atoms with Gasteiger partial charge in [0.1, 0.15) is 0 Å². The molecule has 0 aromatic rings. The van der Waals surface area contributed by atoms with Crippen LogP contribution in [0.5, 0.6) is 0 Å². The Labute approximate surface area is 179 Å². The molecule has 0 saturated carbocycles. The molecule has 0 aliphatic heterocycles. The van der Waals surface area contributed by atoms with Crippen LogP contribution in [-0.2, 0) is 52.4 Å². The monoisotopic (exact) mass is 474 g/mol. The zero-order valence-electron chi connectivity index (χ0n) is 14.7. The maximum atomic E-state index is 3.12. The normalized spacial score (nSPS) is 14.1. The van der Waals surface area contributed by atoms with E-state index in [1.807, 2.05) is 0 Å². The topological polar surface area (TPSA) is 0 Å². The van der Waals surface area contributed by atoms with Crippen LogP contribution in [0.15, 0.2) is 34.4 Å². The Morgan fingerprint density at radius 1 is 0.737 bits per heavy atom. The van der Waals surface area contributed by atoms with Gasteiger partial charge in [-0.2, -0.15) is 11.1 Å². The van der Waals surface area contributed by atoms with Crippen molar-refractivity contribution in [2.75, 3.05) is 0 Å². The summed E-state index contributed by atoms with van der Waals surface area (Å²) in [6.45, 7) is 8.53. The van der Waals surface area contributed by atoms with Crippen molar-refractivity contribution in [1.29, 1.82) is 0 Å². The summed E-state index contributed by atoms with van der Waals surface area (Å²) < 4.78 is 0. The Balaban J connectivity index is -0.0000000218. The molecule has 0 aromatic heterocycles. The minimum atomic E-state index is 0. The average Bonchev–Trinajstić information content (AvgIpc) is 2.67. The van der Waals surface area contributed by atoms with Gasteiger partial charge in [-0.1, -0.05) is 13.8 Å². The van der Waals surface area contributed by atoms with Gasteiger partial charge >= 0.3 is 52.4 Å². The van der Waals surface area contributed by atoms with Gasteiger partial charge in [0.15, 0.2) is 0 Å². The first-order chi connectivity index (χ1) is 6.61. The molecule has 2 rings (SSSR count). The van der Waals surface area contributed by atoms with E-state index in [0.717, 1.165) is 12.8 Å². The van der Waals surface area contributed by atoms with Gasteiger partial charge in [0.25, 0.3) is 0 Å². The van der Waals surface area contributed by atoms with Crippen molar-refractivity contribution in [2.45, 2.75) is 40.5 Å². The van der Waals surface area contributed by atoms with Crippen molar-refractivity contribution < 1.29 is 93.9 Å². The molecule has 0 heterocycles. The molecule has 2 aliphatic carbocycles. The summed E-state index contributed by atoms with van der Waals surface area (Å²) in [5.41, 5.74) is 5.69. The molecule has 0 spiro atoms. The van der Waals surface area contributed by atoms with Crippen molar-refractivity contribution in [3.8, 4) is 0 Å². The van der Waals surface area contributed by atoms with Crippen LogP contribution >= 0.6 is 0 Å². The van der Waals surface area contributed by atoms with Gasteiger partial charge in [-0.3, -0.25) is 12.2 Å². The predicted octanol–water partition coefficient (Wildman–Crippen LogP) is -4.48. The number of allylic oxidation sites excluding steroid dienone is 8. The first kappa shape index (κ1) is 32.5. The van der Waals surface area contributed by atoms with Gasteiger partial charge in [-0.25, -0.2) is 23.3 Å². The first-order valence-electron chi connectivity index (χ1n) is 5.07. The summed E-state index contributed by atoms with van der Waals surface area (Å²) >= 11 is 0. The van der Waals surface area contributed by atoms with E-state index in [0.29, 0.717) is 0 Å². The fourth-order valence-electron chi connectivity index (χ4n) is 1.24. The Hall–Kier alpha value is 1.60. The molecule has 2 aliphatic rings. The van der Waals surface area contributed by atoms with Crippen LogP contribution in [0.3, 0.4) is 0 Å². The quantitative estimate of drug-likeness (QED) is 0.309. The third-order valence-corrected chi connectivity index (χ3v) is 2.72. The molecule has 5 heteroatoms. The summed E-state index contributed by atoms with van der Waals surface area (Å²) in [7, 11) is 0. The van der Waals surface area contributed by atoms with E-state index in [-0.39, 0.29) is 93.9 Å². The third kappa shape index (κ3) is 13.0. The van der Waals surface area contributed by atoms with Crippen molar-refractivity contribution >= 4 is 0 Å². The molecule has 0 amide bonds. The maximum Gasteiger partial charge on any atom is 4.00 e. The SMILES string of the molecule is CC1=C(C)C[C-]=C1.CC1=C(C)C[C-]=C1.[Cl-].[Cl-].[Cl-].[H-].[H-].[H-].[Zr+4].[Zr+4]. The molecule has 0 nitrogen and oxygen atoms in total. The molecule has 106 valence electrons. The molecular formula is C14H21Cl3Zr2. The van der Waals surface area contributed by atoms with Crippen molar-refractivity contribution in [3.05, 3.63) is 46.6 Å². The average molecular weight is 478 g/mol. The summed E-state index contributed by atoms with van der Waals surface area (Å²) in [4.78, 5) is 0. The van der Waals surface area contributed by atoms with Crippen molar-refractivity contribution in [3.63, 3.8) is 0 Å². The van der Waals surface area contributed by atoms with Crippen LogP contribution in [0.1, 0.15) is 44.8 Å². The van der Waals surface area contributed by atoms with Crippen LogP contribution in [0, 0.1) is 12.2 Å². The molecule has 0 bridgehead atoms. The van der Waals surface area contributed by atoms with Crippen LogP contribution in [0.25, 0.3) is 0 Å². The zero-order valence-corrected chi connectivity index (χ0v) is 18.9. The molecule has 0 radical (unpaired) electrons. The van der Waals surface area contributed by atoms with Crippen LogP contribution in [0.4, 0.5) is 0 Å². The van der Waals surface area contributed by atoms with E-state index in [2.05, 4.69) is 52.0 Å². The molecule has 0 saturated heterocycles. The molecule has 0 unspecified atom stereocenters. The van der Waals surface area contributed by atoms with E-state index in [9.17, 15) is 0 Å². The van der Waals surface area contributed by atoms with E-state index in [1.165, 1.54) is 22.3 Å². The predicted molar refractivity (Wildman–Crippen MR) is 64.9 cm³/mol. The largest absolute Gasteiger partial charge is 4.00 e. The van der Waals surface area contributed by atoms with Crippen LogP contribution in [0.2, 0.25) is 0 Å². The Morgan fingerprint density at radius 3 is 1.05 bits per heavy atom. The van der Waals surface area contributed by atoms with E-state index >= 15 is 0 Å². The van der Waals surface area contributed by atoms with Gasteiger partial charge in [0, 0.05) is 0 Å². The summed E-state index contributed by atoms with van der Waals surface area (Å²) in [5.74, 6) is 0. The Bertz CT molecular complexity index is 321. The molecule has 0 atom stereocenters. The summed E-state index contributed by atoms with van der Waals surface area (Å²) in [5, 5.41) is 0. The third-order valence-electron chi connectivity index (χ3n) is 2.72. The van der Waals surface area contributed by atoms with Gasteiger partial charge in [0.05, 0.1) is 0 Å². The summed E-state index contributed by atoms with van der Waals surface area (Å²) in [6, 6.07) is 0. The number of hydrogen-bond donors (Lipinski definition) is 0. The fourth-order valence-corrected chi connectivity index (χ4v) is 1.24. The number of halogens is 3. The molecule has 0 N–H and O–H groups in total. The first-order valence-corrected chi connectivity index (χ1v) is 5.07. The Kier molecular flexibility index (Phi) is 30.2. The van der Waals surface area contributed by atoms with E-state index in [1.54, 1.807) is 0 Å². The number of rotatable bonds is 0. The fraction of sp³-hybridized carbons (Fsp3) is 0.429. The molecule has 0 aromatic carbocycles. The molecule has 0 fully saturated rings. The smallest absolute Gasteiger partial charge is 1.00 e. The maximum absolute atomic E-state index is 3.12. The standard InChI is InChI=1S/2C7H9.3ClH.2Zr.3H/c2*1-6-4-3-5-7(6)2;;;;;;;;/h2*4H,5H2,1-2H3;3*1H;;;;;/q2*-1;;;;2*+4;3*-1/p-3. The van der Waals surface area contributed by atoms with Crippen molar-refractivity contribution in [1.82, 2.24) is 0 Å². The van der Waals surface area contributed by atoms with Gasteiger partial charge in [-0.15, -0.1) is 26.7 Å². The second kappa shape index (κ2) is 17.6. The number of hydrogen-bond acceptors (Lipinski definition) is 0. The Morgan fingerprint density at radius 2 is 1.00 bits per heavy atom. The van der Waals surface area contributed by atoms with Crippen LogP contribution < -0.4 is 37.2 Å². The van der Waals surface area contributed by atoms with Crippen molar-refractivity contribution in [2.24, 2.45) is 0 Å². The summed E-state index contributed by atoms with van der Waals surface area (Å²) in [6.07, 6.45) is 12.4. The zero-order chi connectivity index (χ0) is 10.6. The van der Waals surface area contributed by atoms with Gasteiger partial charge in [-0.05, 0) is 0 Å². The second-order valence-electron chi connectivity index (χ2n) is 3.98. The molecular weight excluding hydrogens is 457 g/mol. The molecule has 19 heavy (non-hydrogen) atoms. The van der Waals surface area contributed by atoms with E-state index < -0.39 is 0 Å². The van der Waals surface area contributed by atoms with Crippen LogP contribution in [-0.4, -0.2) is 0 Å². The minimum absolute atomic E-state index is 0. The van der Waals surface area contributed by atoms with Gasteiger partial charge in [0.2, 0.25) is 0 Å². The minimum Gasteiger partial charge on any atom is -1.00 e.